The van der Waals surface area contributed by atoms with Gasteiger partial charge in [-0.05, 0) is 43.2 Å². The lowest BCUT2D eigenvalue weighted by Crippen LogP contribution is -2.44. The van der Waals surface area contributed by atoms with E-state index in [0.717, 1.165) is 57.1 Å². The molecule has 0 atom stereocenters. The molecule has 0 aromatic heterocycles. The van der Waals surface area contributed by atoms with E-state index < -0.39 is 39.9 Å². The molecule has 0 saturated heterocycles. The van der Waals surface area contributed by atoms with Crippen molar-refractivity contribution < 1.29 is 26.4 Å². The minimum Gasteiger partial charge on any atom is -0.352 e. The first kappa shape index (κ1) is 25.4. The third-order valence-electron chi connectivity index (χ3n) is 5.63. The zero-order valence-corrected chi connectivity index (χ0v) is 19.5. The number of amides is 1. The van der Waals surface area contributed by atoms with Gasteiger partial charge in [0.1, 0.15) is 6.54 Å². The number of sulfonamides is 1. The van der Waals surface area contributed by atoms with Crippen LogP contribution < -0.4 is 9.62 Å². The summed E-state index contributed by atoms with van der Waals surface area (Å²) in [4.78, 5) is 12.7. The van der Waals surface area contributed by atoms with Gasteiger partial charge in [0.15, 0.2) is 0 Å². The molecule has 0 spiro atoms. The number of benzene rings is 2. The van der Waals surface area contributed by atoms with Crippen LogP contribution in [-0.2, 0) is 21.0 Å². The van der Waals surface area contributed by atoms with E-state index in [2.05, 4.69) is 5.32 Å². The highest BCUT2D eigenvalue weighted by Crippen LogP contribution is 2.37. The predicted octanol–water partition coefficient (Wildman–Crippen LogP) is 5.78. The molecule has 1 saturated carbocycles. The van der Waals surface area contributed by atoms with E-state index in [1.165, 1.54) is 24.3 Å². The molecule has 1 amide bonds. The van der Waals surface area contributed by atoms with Crippen molar-refractivity contribution in [3.63, 3.8) is 0 Å². The fraction of sp³-hybridized carbons (Fsp3) is 0.435. The molecular weight excluding hydrogens is 477 g/mol. The average Bonchev–Trinajstić information content (AvgIpc) is 2.74. The van der Waals surface area contributed by atoms with Gasteiger partial charge in [-0.1, -0.05) is 61.9 Å². The molecule has 1 fully saturated rings. The lowest BCUT2D eigenvalue weighted by Gasteiger charge is -2.27. The minimum absolute atomic E-state index is 0.101. The van der Waals surface area contributed by atoms with E-state index in [-0.39, 0.29) is 16.0 Å². The summed E-state index contributed by atoms with van der Waals surface area (Å²) in [6.07, 6.45) is 2.05. The summed E-state index contributed by atoms with van der Waals surface area (Å²) in [5.74, 6) is -0.589. The van der Waals surface area contributed by atoms with Crippen LogP contribution >= 0.6 is 11.6 Å². The Labute approximate surface area is 197 Å². The number of carbonyl (C=O) groups is 1. The van der Waals surface area contributed by atoms with E-state index in [1.54, 1.807) is 6.07 Å². The largest absolute Gasteiger partial charge is 0.416 e. The van der Waals surface area contributed by atoms with Crippen LogP contribution in [0.2, 0.25) is 5.02 Å². The molecule has 2 aromatic rings. The fourth-order valence-corrected chi connectivity index (χ4v) is 5.63. The first-order valence-electron chi connectivity index (χ1n) is 10.8. The summed E-state index contributed by atoms with van der Waals surface area (Å²) in [6, 6.07) is 9.55. The van der Waals surface area contributed by atoms with Crippen molar-refractivity contribution in [3.05, 3.63) is 59.1 Å². The van der Waals surface area contributed by atoms with Gasteiger partial charge in [-0.15, -0.1) is 0 Å². The van der Waals surface area contributed by atoms with Crippen LogP contribution in [-0.4, -0.2) is 26.9 Å². The normalized spacial score (nSPS) is 16.0. The molecule has 10 heteroatoms. The lowest BCUT2D eigenvalue weighted by molar-refractivity contribution is -0.137. The second-order valence-corrected chi connectivity index (χ2v) is 10.4. The number of carbonyl (C=O) groups excluding carboxylic acids is 1. The van der Waals surface area contributed by atoms with Crippen LogP contribution in [0.15, 0.2) is 53.4 Å². The zero-order valence-electron chi connectivity index (χ0n) is 17.9. The predicted molar refractivity (Wildman–Crippen MR) is 122 cm³/mol. The quantitative estimate of drug-likeness (QED) is 0.544. The summed E-state index contributed by atoms with van der Waals surface area (Å²) >= 11 is 6.14. The second kappa shape index (κ2) is 10.8. The minimum atomic E-state index is -4.71. The molecule has 0 aliphatic heterocycles. The molecule has 2 aromatic carbocycles. The van der Waals surface area contributed by atoms with Crippen LogP contribution in [0.25, 0.3) is 0 Å². The van der Waals surface area contributed by atoms with Crippen molar-refractivity contribution in [3.8, 4) is 0 Å². The molecule has 180 valence electrons. The molecule has 0 radical (unpaired) electrons. The van der Waals surface area contributed by atoms with Gasteiger partial charge in [0.05, 0.1) is 21.2 Å². The molecule has 0 heterocycles. The van der Waals surface area contributed by atoms with Gasteiger partial charge in [0.25, 0.3) is 10.0 Å². The van der Waals surface area contributed by atoms with E-state index >= 15 is 0 Å². The molecule has 33 heavy (non-hydrogen) atoms. The Balaban J connectivity index is 1.95. The Kier molecular flexibility index (Phi) is 8.28. The summed E-state index contributed by atoms with van der Waals surface area (Å²) in [6.45, 7) is -0.686. The Morgan fingerprint density at radius 2 is 1.61 bits per heavy atom. The van der Waals surface area contributed by atoms with Crippen molar-refractivity contribution in [1.82, 2.24) is 5.32 Å². The first-order chi connectivity index (χ1) is 15.6. The van der Waals surface area contributed by atoms with Crippen LogP contribution in [0.3, 0.4) is 0 Å². The average molecular weight is 503 g/mol. The maximum absolute atomic E-state index is 13.4. The van der Waals surface area contributed by atoms with Gasteiger partial charge in [0, 0.05) is 6.04 Å². The molecule has 3 rings (SSSR count). The molecule has 0 bridgehead atoms. The molecule has 5 nitrogen and oxygen atoms in total. The van der Waals surface area contributed by atoms with Crippen LogP contribution in [0, 0.1) is 0 Å². The van der Waals surface area contributed by atoms with Crippen molar-refractivity contribution in [2.75, 3.05) is 10.8 Å². The molecular formula is C23H26ClF3N2O3S. The van der Waals surface area contributed by atoms with Crippen molar-refractivity contribution >= 4 is 33.2 Å². The number of nitrogens with one attached hydrogen (secondary N) is 1. The summed E-state index contributed by atoms with van der Waals surface area (Å²) in [7, 11) is -4.37. The number of halogens is 4. The van der Waals surface area contributed by atoms with Gasteiger partial charge in [-0.25, -0.2) is 8.42 Å². The number of alkyl halides is 3. The number of nitrogens with zero attached hydrogens (tertiary/aromatic N) is 1. The number of hydrogen-bond acceptors (Lipinski definition) is 3. The second-order valence-electron chi connectivity index (χ2n) is 8.10. The van der Waals surface area contributed by atoms with E-state index in [4.69, 9.17) is 11.6 Å². The number of hydrogen-bond donors (Lipinski definition) is 1. The Hall–Kier alpha value is -2.26. The SMILES string of the molecule is O=C(CN(c1cc(C(F)(F)F)ccc1Cl)S(=O)(=O)c1ccccc1)NC1CCCCCCC1. The monoisotopic (exact) mass is 502 g/mol. The standard InChI is InChI=1S/C23H26ClF3N2O3S/c24-20-14-13-17(23(25,26)27)15-21(20)29(33(31,32)19-11-7-4-8-12-19)16-22(30)28-18-9-5-2-1-3-6-10-18/h4,7-8,11-15,18H,1-3,5-6,9-10,16H2,(H,28,30). The zero-order chi connectivity index (χ0) is 24.1. The highest BCUT2D eigenvalue weighted by molar-refractivity contribution is 7.92. The van der Waals surface area contributed by atoms with Crippen molar-refractivity contribution in [2.24, 2.45) is 0 Å². The van der Waals surface area contributed by atoms with Crippen molar-refractivity contribution in [2.45, 2.75) is 62.1 Å². The Bertz CT molecular complexity index is 1050. The third kappa shape index (κ3) is 6.63. The Morgan fingerprint density at radius 3 is 2.21 bits per heavy atom. The molecule has 1 aliphatic rings. The van der Waals surface area contributed by atoms with Crippen LogP contribution in [0.5, 0.6) is 0 Å². The maximum atomic E-state index is 13.4. The smallest absolute Gasteiger partial charge is 0.352 e. The van der Waals surface area contributed by atoms with Gasteiger partial charge in [-0.2, -0.15) is 13.2 Å². The first-order valence-corrected chi connectivity index (χ1v) is 12.6. The summed E-state index contributed by atoms with van der Waals surface area (Å²) < 4.78 is 67.4. The van der Waals surface area contributed by atoms with Gasteiger partial charge >= 0.3 is 6.18 Å². The topological polar surface area (TPSA) is 66.5 Å². The lowest BCUT2D eigenvalue weighted by atomic mass is 9.97. The van der Waals surface area contributed by atoms with Gasteiger partial charge in [-0.3, -0.25) is 9.10 Å². The Morgan fingerprint density at radius 1 is 1.00 bits per heavy atom. The number of anilines is 1. The van der Waals surface area contributed by atoms with E-state index in [0.29, 0.717) is 10.4 Å². The van der Waals surface area contributed by atoms with E-state index in [9.17, 15) is 26.4 Å². The van der Waals surface area contributed by atoms with E-state index in [1.807, 2.05) is 0 Å². The molecule has 1 aliphatic carbocycles. The van der Waals surface area contributed by atoms with Gasteiger partial charge < -0.3 is 5.32 Å². The van der Waals surface area contributed by atoms with Crippen LogP contribution in [0.1, 0.15) is 50.5 Å². The highest BCUT2D eigenvalue weighted by atomic mass is 35.5. The highest BCUT2D eigenvalue weighted by Gasteiger charge is 2.34. The van der Waals surface area contributed by atoms with Gasteiger partial charge in [0.2, 0.25) is 5.91 Å². The summed E-state index contributed by atoms with van der Waals surface area (Å²) in [5, 5.41) is 2.66. The third-order valence-corrected chi connectivity index (χ3v) is 7.72. The van der Waals surface area contributed by atoms with Crippen LogP contribution in [0.4, 0.5) is 18.9 Å². The molecule has 1 N–H and O–H groups in total. The number of rotatable bonds is 6. The van der Waals surface area contributed by atoms with Crippen molar-refractivity contribution in [1.29, 1.82) is 0 Å². The fourth-order valence-electron chi connectivity index (χ4n) is 3.90. The molecule has 0 unspecified atom stereocenters. The maximum Gasteiger partial charge on any atom is 0.416 e. The summed E-state index contributed by atoms with van der Waals surface area (Å²) in [5.41, 5.74) is -1.46.